The lowest BCUT2D eigenvalue weighted by Gasteiger charge is -2.41. The van der Waals surface area contributed by atoms with Crippen LogP contribution in [0.2, 0.25) is 0 Å². The molecule has 3 nitrogen and oxygen atoms in total. The summed E-state index contributed by atoms with van der Waals surface area (Å²) < 4.78 is 0. The molecule has 94 valence electrons. The Balaban J connectivity index is 2.61. The van der Waals surface area contributed by atoms with E-state index >= 15 is 0 Å². The lowest BCUT2D eigenvalue weighted by Crippen LogP contribution is -2.50. The van der Waals surface area contributed by atoms with Crippen LogP contribution < -0.4 is 0 Å². The highest BCUT2D eigenvalue weighted by Gasteiger charge is 2.30. The second kappa shape index (κ2) is 6.50. The first-order valence-electron chi connectivity index (χ1n) is 6.11. The molecule has 0 bridgehead atoms. The summed E-state index contributed by atoms with van der Waals surface area (Å²) in [5, 5.41) is 8.93. The lowest BCUT2D eigenvalue weighted by atomic mass is 9.97. The van der Waals surface area contributed by atoms with Crippen molar-refractivity contribution in [2.45, 2.75) is 45.7 Å². The largest absolute Gasteiger partial charge is 0.481 e. The molecule has 0 aromatic heterocycles. The first kappa shape index (κ1) is 13.8. The Morgan fingerprint density at radius 1 is 1.56 bits per heavy atom. The minimum absolute atomic E-state index is 0.222. The highest BCUT2D eigenvalue weighted by atomic mass is 32.2. The molecule has 0 spiro atoms. The number of hydrogen-bond acceptors (Lipinski definition) is 3. The maximum atomic E-state index is 10.8. The molecule has 0 amide bonds. The van der Waals surface area contributed by atoms with Crippen molar-refractivity contribution >= 4 is 17.7 Å². The van der Waals surface area contributed by atoms with Gasteiger partial charge in [-0.3, -0.25) is 9.69 Å². The Kier molecular flexibility index (Phi) is 5.62. The van der Waals surface area contributed by atoms with Crippen molar-refractivity contribution in [3.63, 3.8) is 0 Å². The third kappa shape index (κ3) is 3.67. The van der Waals surface area contributed by atoms with Crippen LogP contribution in [-0.4, -0.2) is 46.1 Å². The summed E-state index contributed by atoms with van der Waals surface area (Å²) in [6.45, 7) is 7.73. The number of carboxylic acid groups (broad SMARTS) is 1. The van der Waals surface area contributed by atoms with Crippen molar-refractivity contribution in [3.8, 4) is 0 Å². The predicted octanol–water partition coefficient (Wildman–Crippen LogP) is 2.31. The quantitative estimate of drug-likeness (QED) is 0.807. The highest BCUT2D eigenvalue weighted by molar-refractivity contribution is 7.99. The smallest absolute Gasteiger partial charge is 0.304 e. The van der Waals surface area contributed by atoms with E-state index in [9.17, 15) is 4.79 Å². The molecule has 1 saturated heterocycles. The van der Waals surface area contributed by atoms with Crippen LogP contribution in [0, 0.1) is 5.92 Å². The van der Waals surface area contributed by atoms with Crippen molar-refractivity contribution < 1.29 is 9.90 Å². The molecule has 1 aliphatic rings. The summed E-state index contributed by atoms with van der Waals surface area (Å²) in [6, 6.07) is 0.718. The predicted molar refractivity (Wildman–Crippen MR) is 69.0 cm³/mol. The van der Waals surface area contributed by atoms with Crippen molar-refractivity contribution in [3.05, 3.63) is 0 Å². The summed E-state index contributed by atoms with van der Waals surface area (Å²) in [5.41, 5.74) is 0. The zero-order valence-corrected chi connectivity index (χ0v) is 11.3. The van der Waals surface area contributed by atoms with Crippen LogP contribution in [0.3, 0.4) is 0 Å². The van der Waals surface area contributed by atoms with Gasteiger partial charge in [-0.1, -0.05) is 20.3 Å². The molecule has 3 atom stereocenters. The zero-order chi connectivity index (χ0) is 12.1. The van der Waals surface area contributed by atoms with Crippen molar-refractivity contribution in [2.24, 2.45) is 5.92 Å². The van der Waals surface area contributed by atoms with Crippen LogP contribution in [0.15, 0.2) is 0 Å². The second-order valence-corrected chi connectivity index (χ2v) is 5.84. The molecule has 16 heavy (non-hydrogen) atoms. The molecule has 0 aromatic rings. The van der Waals surface area contributed by atoms with E-state index in [0.717, 1.165) is 24.5 Å². The first-order chi connectivity index (χ1) is 7.56. The van der Waals surface area contributed by atoms with Crippen LogP contribution in [0.4, 0.5) is 0 Å². The first-order valence-corrected chi connectivity index (χ1v) is 7.27. The van der Waals surface area contributed by atoms with Crippen LogP contribution in [0.1, 0.15) is 33.6 Å². The van der Waals surface area contributed by atoms with E-state index in [4.69, 9.17) is 5.11 Å². The molecule has 1 N–H and O–H groups in total. The summed E-state index contributed by atoms with van der Waals surface area (Å²) >= 11 is 1.88. The number of carboxylic acids is 1. The van der Waals surface area contributed by atoms with Crippen molar-refractivity contribution in [2.75, 3.05) is 18.1 Å². The number of hydrogen-bond donors (Lipinski definition) is 1. The third-order valence-electron chi connectivity index (χ3n) is 3.67. The molecular formula is C12H23NO2S. The Bertz CT molecular complexity index is 235. The average Bonchev–Trinajstić information content (AvgIpc) is 2.27. The van der Waals surface area contributed by atoms with Gasteiger partial charge in [-0.25, -0.2) is 0 Å². The number of rotatable bonds is 5. The van der Waals surface area contributed by atoms with Gasteiger partial charge in [0, 0.05) is 30.1 Å². The van der Waals surface area contributed by atoms with E-state index < -0.39 is 5.97 Å². The molecular weight excluding hydrogens is 222 g/mol. The average molecular weight is 245 g/mol. The molecule has 1 rings (SSSR count). The molecule has 1 fully saturated rings. The van der Waals surface area contributed by atoms with Gasteiger partial charge in [0.1, 0.15) is 0 Å². The molecule has 0 saturated carbocycles. The normalized spacial score (nSPS) is 26.3. The minimum atomic E-state index is -0.672. The summed E-state index contributed by atoms with van der Waals surface area (Å²) in [5.74, 6) is 2.07. The van der Waals surface area contributed by atoms with Crippen LogP contribution in [0.5, 0.6) is 0 Å². The van der Waals surface area contributed by atoms with E-state index in [-0.39, 0.29) is 12.5 Å². The van der Waals surface area contributed by atoms with Gasteiger partial charge in [-0.15, -0.1) is 0 Å². The molecule has 1 heterocycles. The number of nitrogens with zero attached hydrogens (tertiary/aromatic N) is 1. The lowest BCUT2D eigenvalue weighted by molar-refractivity contribution is -0.138. The minimum Gasteiger partial charge on any atom is -0.481 e. The third-order valence-corrected chi connectivity index (χ3v) is 4.77. The van der Waals surface area contributed by atoms with Crippen molar-refractivity contribution in [1.29, 1.82) is 0 Å². The fourth-order valence-corrected chi connectivity index (χ4v) is 3.34. The monoisotopic (exact) mass is 245 g/mol. The van der Waals surface area contributed by atoms with Crippen molar-refractivity contribution in [1.82, 2.24) is 4.90 Å². The fourth-order valence-electron chi connectivity index (χ4n) is 2.25. The maximum absolute atomic E-state index is 10.8. The van der Waals surface area contributed by atoms with Gasteiger partial charge in [0.05, 0.1) is 6.42 Å². The zero-order valence-electron chi connectivity index (χ0n) is 10.5. The molecule has 0 radical (unpaired) electrons. The van der Waals surface area contributed by atoms with Gasteiger partial charge in [-0.2, -0.15) is 11.8 Å². The Morgan fingerprint density at radius 2 is 2.25 bits per heavy atom. The van der Waals surface area contributed by atoms with Crippen LogP contribution >= 0.6 is 11.8 Å². The molecule has 3 unspecified atom stereocenters. The van der Waals surface area contributed by atoms with Gasteiger partial charge < -0.3 is 5.11 Å². The number of thioether (sulfide) groups is 1. The Labute approximate surface area is 103 Å². The molecule has 0 aromatic carbocycles. The molecule has 0 aliphatic carbocycles. The number of carbonyl (C=O) groups is 1. The van der Waals surface area contributed by atoms with Gasteiger partial charge in [0.25, 0.3) is 0 Å². The Morgan fingerprint density at radius 3 is 2.81 bits per heavy atom. The summed E-state index contributed by atoms with van der Waals surface area (Å²) in [4.78, 5) is 13.2. The van der Waals surface area contributed by atoms with Gasteiger partial charge in [0.15, 0.2) is 0 Å². The van der Waals surface area contributed by atoms with Gasteiger partial charge in [-0.05, 0) is 12.8 Å². The van der Waals surface area contributed by atoms with E-state index in [1.54, 1.807) is 0 Å². The van der Waals surface area contributed by atoms with E-state index in [1.807, 2.05) is 11.8 Å². The standard InChI is InChI=1S/C12H23NO2S/c1-4-9(2)10(3)13-5-6-16-8-11(13)7-12(14)15/h9-11H,4-8H2,1-3H3,(H,14,15). The molecule has 4 heteroatoms. The van der Waals surface area contributed by atoms with Crippen LogP contribution in [0.25, 0.3) is 0 Å². The van der Waals surface area contributed by atoms with Crippen LogP contribution in [-0.2, 0) is 4.79 Å². The highest BCUT2D eigenvalue weighted by Crippen LogP contribution is 2.25. The van der Waals surface area contributed by atoms with Gasteiger partial charge >= 0.3 is 5.97 Å². The number of aliphatic carboxylic acids is 1. The second-order valence-electron chi connectivity index (χ2n) is 4.69. The van der Waals surface area contributed by atoms with E-state index in [2.05, 4.69) is 25.7 Å². The maximum Gasteiger partial charge on any atom is 0.304 e. The summed E-state index contributed by atoms with van der Waals surface area (Å²) in [7, 11) is 0. The van der Waals surface area contributed by atoms with Gasteiger partial charge in [0.2, 0.25) is 0 Å². The fraction of sp³-hybridized carbons (Fsp3) is 0.917. The molecule has 1 aliphatic heterocycles. The SMILES string of the molecule is CCC(C)C(C)N1CCSCC1CC(=O)O. The van der Waals surface area contributed by atoms with E-state index in [1.165, 1.54) is 0 Å². The summed E-state index contributed by atoms with van der Waals surface area (Å²) in [6.07, 6.45) is 1.44. The Hall–Kier alpha value is -0.220. The van der Waals surface area contributed by atoms with E-state index in [0.29, 0.717) is 12.0 Å². The topological polar surface area (TPSA) is 40.5 Å².